The van der Waals surface area contributed by atoms with Crippen molar-refractivity contribution in [3.8, 4) is 17.0 Å². The minimum Gasteiger partial charge on any atom is -0.479 e. The first-order valence-electron chi connectivity index (χ1n) is 10.9. The molecule has 0 radical (unpaired) electrons. The molecule has 0 bridgehead atoms. The fourth-order valence-corrected chi connectivity index (χ4v) is 5.63. The van der Waals surface area contributed by atoms with Gasteiger partial charge in [0.05, 0.1) is 17.4 Å². The van der Waals surface area contributed by atoms with Crippen LogP contribution in [0, 0.1) is 5.41 Å². The van der Waals surface area contributed by atoms with Crippen molar-refractivity contribution in [2.75, 3.05) is 38.7 Å². The number of hydrogen-bond donors (Lipinski definition) is 1. The summed E-state index contributed by atoms with van der Waals surface area (Å²) in [4.78, 5) is 23.5. The van der Waals surface area contributed by atoms with Crippen molar-refractivity contribution >= 4 is 32.7 Å². The fraction of sp³-hybridized carbons (Fsp3) is 0.435. The maximum absolute atomic E-state index is 13.2. The molecule has 5 rings (SSSR count). The largest absolute Gasteiger partial charge is 0.479 e. The number of methoxy groups -OCH3 is 1. The van der Waals surface area contributed by atoms with Crippen molar-refractivity contribution < 1.29 is 27.4 Å². The van der Waals surface area contributed by atoms with E-state index in [2.05, 4.69) is 15.3 Å². The molecule has 1 spiro atoms. The second kappa shape index (κ2) is 8.70. The number of fused-ring (bicyclic) bond motifs is 1. The Balaban J connectivity index is 1.43. The van der Waals surface area contributed by atoms with E-state index in [-0.39, 0.29) is 17.3 Å². The van der Waals surface area contributed by atoms with Crippen molar-refractivity contribution in [3.63, 3.8) is 0 Å². The molecule has 4 heterocycles. The lowest BCUT2D eigenvalue weighted by Crippen LogP contribution is -2.37. The number of ether oxygens (including phenoxy) is 2. The van der Waals surface area contributed by atoms with Crippen molar-refractivity contribution in [1.29, 1.82) is 0 Å². The van der Waals surface area contributed by atoms with Crippen molar-refractivity contribution in [2.24, 2.45) is 5.41 Å². The van der Waals surface area contributed by atoms with Crippen LogP contribution in [0.2, 0.25) is 0 Å². The first kappa shape index (κ1) is 22.9. The molecule has 0 aliphatic carbocycles. The molecule has 180 valence electrons. The zero-order chi connectivity index (χ0) is 23.9. The van der Waals surface area contributed by atoms with Gasteiger partial charge in [0.2, 0.25) is 5.88 Å². The first-order chi connectivity index (χ1) is 16.3. The molecule has 2 aliphatic heterocycles. The number of nitrogens with zero attached hydrogens (tertiary/aromatic N) is 3. The smallest absolute Gasteiger partial charge is 0.416 e. The van der Waals surface area contributed by atoms with E-state index >= 15 is 0 Å². The summed E-state index contributed by atoms with van der Waals surface area (Å²) in [7, 11) is 1.45. The molecule has 34 heavy (non-hydrogen) atoms. The second-order valence-electron chi connectivity index (χ2n) is 8.67. The molecule has 11 heteroatoms. The van der Waals surface area contributed by atoms with Crippen LogP contribution in [0.3, 0.4) is 0 Å². The molecule has 0 saturated carbocycles. The zero-order valence-corrected chi connectivity index (χ0v) is 19.3. The molecule has 7 nitrogen and oxygen atoms in total. The number of pyridine rings is 1. The SMILES string of the molecule is COc1ncc(-c2cccc(C(F)(F)F)c2)c2sc(NC(=O)N3CCC4(CCOCC4)C3)nc12. The Morgan fingerprint density at radius 3 is 2.79 bits per heavy atom. The Morgan fingerprint density at radius 2 is 2.06 bits per heavy atom. The number of anilines is 1. The number of benzene rings is 1. The summed E-state index contributed by atoms with van der Waals surface area (Å²) in [5.41, 5.74) is 0.607. The van der Waals surface area contributed by atoms with Gasteiger partial charge in [0.25, 0.3) is 0 Å². The van der Waals surface area contributed by atoms with E-state index in [1.165, 1.54) is 30.7 Å². The molecule has 1 aromatic carbocycles. The van der Waals surface area contributed by atoms with Gasteiger partial charge in [-0.1, -0.05) is 23.5 Å². The number of urea groups is 1. The summed E-state index contributed by atoms with van der Waals surface area (Å²) in [6.07, 6.45) is -0.154. The zero-order valence-electron chi connectivity index (χ0n) is 18.4. The van der Waals surface area contributed by atoms with Gasteiger partial charge in [-0.3, -0.25) is 5.32 Å². The van der Waals surface area contributed by atoms with Crippen LogP contribution < -0.4 is 10.1 Å². The lowest BCUT2D eigenvalue weighted by molar-refractivity contribution is -0.137. The van der Waals surface area contributed by atoms with Crippen LogP contribution in [-0.2, 0) is 10.9 Å². The third kappa shape index (κ3) is 4.29. The Bertz CT molecular complexity index is 1220. The topological polar surface area (TPSA) is 76.6 Å². The van der Waals surface area contributed by atoms with Crippen LogP contribution in [0.4, 0.5) is 23.1 Å². The van der Waals surface area contributed by atoms with E-state index in [4.69, 9.17) is 9.47 Å². The highest BCUT2D eigenvalue weighted by Crippen LogP contribution is 2.42. The molecule has 0 unspecified atom stereocenters. The van der Waals surface area contributed by atoms with Gasteiger partial charge in [0.1, 0.15) is 5.52 Å². The van der Waals surface area contributed by atoms with Gasteiger partial charge < -0.3 is 14.4 Å². The number of thiazole rings is 1. The van der Waals surface area contributed by atoms with Gasteiger partial charge in [-0.05, 0) is 42.4 Å². The fourth-order valence-electron chi connectivity index (χ4n) is 4.65. The molecule has 2 amide bonds. The third-order valence-electron chi connectivity index (χ3n) is 6.57. The number of aromatic nitrogens is 2. The van der Waals surface area contributed by atoms with Crippen molar-refractivity contribution in [3.05, 3.63) is 36.0 Å². The van der Waals surface area contributed by atoms with Gasteiger partial charge in [-0.15, -0.1) is 0 Å². The predicted octanol–water partition coefficient (Wildman–Crippen LogP) is 5.42. The average Bonchev–Trinajstić information content (AvgIpc) is 3.43. The minimum absolute atomic E-state index is 0.118. The highest BCUT2D eigenvalue weighted by atomic mass is 32.1. The number of hydrogen-bond acceptors (Lipinski definition) is 6. The highest BCUT2D eigenvalue weighted by molar-refractivity contribution is 7.23. The van der Waals surface area contributed by atoms with E-state index in [9.17, 15) is 18.0 Å². The van der Waals surface area contributed by atoms with E-state index in [1.54, 1.807) is 11.0 Å². The van der Waals surface area contributed by atoms with Crippen LogP contribution in [-0.4, -0.2) is 54.3 Å². The molecule has 0 atom stereocenters. The average molecular weight is 493 g/mol. The number of nitrogens with one attached hydrogen (secondary N) is 1. The van der Waals surface area contributed by atoms with Crippen LogP contribution in [0.1, 0.15) is 24.8 Å². The van der Waals surface area contributed by atoms with E-state index in [0.717, 1.165) is 44.6 Å². The summed E-state index contributed by atoms with van der Waals surface area (Å²) in [5.74, 6) is 0.241. The monoisotopic (exact) mass is 492 g/mol. The van der Waals surface area contributed by atoms with Crippen molar-refractivity contribution in [2.45, 2.75) is 25.4 Å². The first-order valence-corrected chi connectivity index (χ1v) is 11.7. The Morgan fingerprint density at radius 1 is 1.26 bits per heavy atom. The highest BCUT2D eigenvalue weighted by Gasteiger charge is 2.41. The Kier molecular flexibility index (Phi) is 5.85. The van der Waals surface area contributed by atoms with Gasteiger partial charge >= 0.3 is 12.2 Å². The molecule has 2 aromatic heterocycles. The van der Waals surface area contributed by atoms with E-state index in [1.807, 2.05) is 0 Å². The van der Waals surface area contributed by atoms with Crippen LogP contribution >= 0.6 is 11.3 Å². The summed E-state index contributed by atoms with van der Waals surface area (Å²) in [6.45, 7) is 2.78. The number of carbonyl (C=O) groups is 1. The Labute approximate surface area is 197 Å². The standard InChI is InChI=1S/C23H23F3N4O3S/c1-32-19-17-18(16(12-27-19)14-3-2-4-15(11-14)23(24,25)26)34-20(28-17)29-21(31)30-8-5-22(13-30)6-9-33-10-7-22/h2-4,11-12H,5-10,13H2,1H3,(H,28,29,31). The molecule has 3 aromatic rings. The summed E-state index contributed by atoms with van der Waals surface area (Å²) < 4.78 is 51.1. The van der Waals surface area contributed by atoms with Crippen LogP contribution in [0.5, 0.6) is 5.88 Å². The molecule has 2 fully saturated rings. The van der Waals surface area contributed by atoms with Crippen molar-refractivity contribution in [1.82, 2.24) is 14.9 Å². The van der Waals surface area contributed by atoms with E-state index in [0.29, 0.717) is 39.6 Å². The predicted molar refractivity (Wildman–Crippen MR) is 122 cm³/mol. The van der Waals surface area contributed by atoms with Gasteiger partial charge in [-0.25, -0.2) is 14.8 Å². The van der Waals surface area contributed by atoms with Crippen LogP contribution in [0.25, 0.3) is 21.3 Å². The number of carbonyl (C=O) groups excluding carboxylic acids is 1. The quantitative estimate of drug-likeness (QED) is 0.528. The lowest BCUT2D eigenvalue weighted by atomic mass is 9.80. The number of rotatable bonds is 3. The van der Waals surface area contributed by atoms with Gasteiger partial charge in [0, 0.05) is 38.1 Å². The number of likely N-dealkylation sites (tertiary alicyclic amines) is 1. The molecule has 2 aliphatic rings. The summed E-state index contributed by atoms with van der Waals surface area (Å²) in [6, 6.07) is 4.82. The van der Waals surface area contributed by atoms with Gasteiger partial charge in [0.15, 0.2) is 5.13 Å². The number of halogens is 3. The molecular weight excluding hydrogens is 469 g/mol. The second-order valence-corrected chi connectivity index (χ2v) is 9.67. The molecular formula is C23H23F3N4O3S. The number of alkyl halides is 3. The molecule has 1 N–H and O–H groups in total. The lowest BCUT2D eigenvalue weighted by Gasteiger charge is -2.33. The third-order valence-corrected chi connectivity index (χ3v) is 7.58. The van der Waals surface area contributed by atoms with Crippen LogP contribution in [0.15, 0.2) is 30.5 Å². The summed E-state index contributed by atoms with van der Waals surface area (Å²) >= 11 is 1.18. The Hall–Kier alpha value is -2.92. The maximum atomic E-state index is 13.2. The van der Waals surface area contributed by atoms with Gasteiger partial charge in [-0.2, -0.15) is 13.2 Å². The minimum atomic E-state index is -4.46. The van der Waals surface area contributed by atoms with E-state index < -0.39 is 11.7 Å². The normalized spacial score (nSPS) is 17.9. The number of amides is 2. The molecule has 2 saturated heterocycles. The summed E-state index contributed by atoms with van der Waals surface area (Å²) in [5, 5.41) is 3.20. The maximum Gasteiger partial charge on any atom is 0.416 e.